The Bertz CT molecular complexity index is 1430. The average Bonchev–Trinajstić information content (AvgIpc) is 3.29. The molecule has 2 heterocycles. The molecular weight excluding hydrogens is 437 g/mol. The molecule has 0 bridgehead atoms. The Labute approximate surface area is 194 Å². The summed E-state index contributed by atoms with van der Waals surface area (Å²) in [5.74, 6) is 0.857. The van der Waals surface area contributed by atoms with E-state index in [1.54, 1.807) is 12.1 Å². The number of hydrogen-bond donors (Lipinski definition) is 2. The second kappa shape index (κ2) is 8.90. The van der Waals surface area contributed by atoms with Crippen molar-refractivity contribution >= 4 is 22.6 Å². The summed E-state index contributed by atoms with van der Waals surface area (Å²) in [6, 6.07) is 18.1. The molecule has 0 fully saturated rings. The molecule has 3 aromatic carbocycles. The Morgan fingerprint density at radius 2 is 1.79 bits per heavy atom. The molecule has 2 N–H and O–H groups in total. The van der Waals surface area contributed by atoms with Crippen molar-refractivity contribution in [1.29, 1.82) is 0 Å². The van der Waals surface area contributed by atoms with Gasteiger partial charge in [-0.25, -0.2) is 9.18 Å². The number of aromatic amines is 1. The zero-order chi connectivity index (χ0) is 23.7. The van der Waals surface area contributed by atoms with Crippen LogP contribution in [0.25, 0.3) is 10.9 Å². The minimum atomic E-state index is -0.423. The fourth-order valence-corrected chi connectivity index (χ4v) is 3.89. The minimum Gasteiger partial charge on any atom is -0.454 e. The summed E-state index contributed by atoms with van der Waals surface area (Å²) in [6.07, 6.45) is 0. The van der Waals surface area contributed by atoms with E-state index >= 15 is 0 Å². The van der Waals surface area contributed by atoms with Crippen LogP contribution in [0.2, 0.25) is 0 Å². The summed E-state index contributed by atoms with van der Waals surface area (Å²) in [5.41, 5.74) is 3.25. The van der Waals surface area contributed by atoms with E-state index in [0.717, 1.165) is 22.0 Å². The largest absolute Gasteiger partial charge is 0.454 e. The monoisotopic (exact) mass is 459 g/mol. The number of pyridine rings is 1. The van der Waals surface area contributed by atoms with E-state index in [1.165, 1.54) is 29.2 Å². The number of benzene rings is 3. The van der Waals surface area contributed by atoms with Crippen LogP contribution in [0.5, 0.6) is 11.5 Å². The molecular formula is C26H22FN3O4. The van der Waals surface area contributed by atoms with E-state index in [9.17, 15) is 14.0 Å². The molecule has 0 saturated carbocycles. The molecule has 5 rings (SSSR count). The number of anilines is 1. The highest BCUT2D eigenvalue weighted by molar-refractivity contribution is 5.89. The molecule has 0 unspecified atom stereocenters. The zero-order valence-corrected chi connectivity index (χ0v) is 18.4. The van der Waals surface area contributed by atoms with Crippen LogP contribution in [-0.2, 0) is 13.1 Å². The first-order valence-electron chi connectivity index (χ1n) is 10.8. The smallest absolute Gasteiger partial charge is 0.322 e. The topological polar surface area (TPSA) is 83.7 Å². The van der Waals surface area contributed by atoms with E-state index < -0.39 is 11.8 Å². The van der Waals surface area contributed by atoms with Crippen molar-refractivity contribution in [3.05, 3.63) is 99.6 Å². The lowest BCUT2D eigenvalue weighted by molar-refractivity contribution is 0.174. The number of halogens is 1. The number of urea groups is 1. The molecule has 8 heteroatoms. The molecule has 1 aromatic heterocycles. The van der Waals surface area contributed by atoms with Crippen molar-refractivity contribution in [1.82, 2.24) is 9.88 Å². The van der Waals surface area contributed by atoms with Crippen molar-refractivity contribution < 1.29 is 18.7 Å². The van der Waals surface area contributed by atoms with Crippen LogP contribution in [-0.4, -0.2) is 22.7 Å². The van der Waals surface area contributed by atoms with Gasteiger partial charge in [-0.1, -0.05) is 17.7 Å². The number of rotatable bonds is 5. The number of aromatic nitrogens is 1. The zero-order valence-electron chi connectivity index (χ0n) is 18.4. The van der Waals surface area contributed by atoms with Crippen molar-refractivity contribution in [3.8, 4) is 11.5 Å². The number of carbonyl (C=O) groups excluding carboxylic acids is 1. The minimum absolute atomic E-state index is 0.0701. The Morgan fingerprint density at radius 1 is 1.00 bits per heavy atom. The highest BCUT2D eigenvalue weighted by atomic mass is 19.1. The van der Waals surface area contributed by atoms with Gasteiger partial charge in [0.2, 0.25) is 6.79 Å². The van der Waals surface area contributed by atoms with E-state index in [2.05, 4.69) is 10.3 Å². The normalized spacial score (nSPS) is 12.1. The van der Waals surface area contributed by atoms with Crippen molar-refractivity contribution in [2.45, 2.75) is 20.0 Å². The van der Waals surface area contributed by atoms with Crippen LogP contribution in [0, 0.1) is 12.7 Å². The quantitative estimate of drug-likeness (QED) is 0.443. The van der Waals surface area contributed by atoms with Gasteiger partial charge in [0.25, 0.3) is 5.56 Å². The molecule has 0 radical (unpaired) electrons. The lowest BCUT2D eigenvalue weighted by Crippen LogP contribution is -2.35. The fraction of sp³-hybridized carbons (Fsp3) is 0.154. The maximum atomic E-state index is 13.3. The summed E-state index contributed by atoms with van der Waals surface area (Å²) in [4.78, 5) is 30.4. The molecule has 1 aliphatic heterocycles. The SMILES string of the molecule is Cc1ccc2[nH]c(=O)c(CN(Cc3ccc4c(c3)OCO4)C(=O)Nc3ccc(F)cc3)cc2c1. The van der Waals surface area contributed by atoms with Gasteiger partial charge in [0.15, 0.2) is 11.5 Å². The van der Waals surface area contributed by atoms with Gasteiger partial charge < -0.3 is 24.7 Å². The molecule has 0 spiro atoms. The van der Waals surface area contributed by atoms with Gasteiger partial charge in [-0.05, 0) is 72.5 Å². The predicted molar refractivity (Wildman–Crippen MR) is 127 cm³/mol. The summed E-state index contributed by atoms with van der Waals surface area (Å²) in [7, 11) is 0. The van der Waals surface area contributed by atoms with Crippen molar-refractivity contribution in [3.63, 3.8) is 0 Å². The van der Waals surface area contributed by atoms with Gasteiger partial charge in [-0.3, -0.25) is 4.79 Å². The summed E-state index contributed by atoms with van der Waals surface area (Å²) in [5, 5.41) is 3.67. The Hall–Kier alpha value is -4.33. The Morgan fingerprint density at radius 3 is 2.62 bits per heavy atom. The number of nitrogens with one attached hydrogen (secondary N) is 2. The maximum absolute atomic E-state index is 13.3. The molecule has 1 aliphatic rings. The number of carbonyl (C=O) groups is 1. The molecule has 7 nitrogen and oxygen atoms in total. The van der Waals surface area contributed by atoms with E-state index in [0.29, 0.717) is 22.7 Å². The third kappa shape index (κ3) is 4.56. The second-order valence-corrected chi connectivity index (χ2v) is 8.20. The fourth-order valence-electron chi connectivity index (χ4n) is 3.89. The molecule has 4 aromatic rings. The van der Waals surface area contributed by atoms with Crippen LogP contribution in [0.4, 0.5) is 14.9 Å². The van der Waals surface area contributed by atoms with Gasteiger partial charge in [0.05, 0.1) is 6.54 Å². The third-order valence-corrected chi connectivity index (χ3v) is 5.63. The number of ether oxygens (including phenoxy) is 2. The van der Waals surface area contributed by atoms with Crippen molar-refractivity contribution in [2.24, 2.45) is 0 Å². The van der Waals surface area contributed by atoms with E-state index in [1.807, 2.05) is 37.3 Å². The first-order chi connectivity index (χ1) is 16.4. The van der Waals surface area contributed by atoms with Gasteiger partial charge in [0.1, 0.15) is 5.82 Å². The van der Waals surface area contributed by atoms with Gasteiger partial charge >= 0.3 is 6.03 Å². The number of aryl methyl sites for hydroxylation is 1. The number of nitrogens with zero attached hydrogens (tertiary/aromatic N) is 1. The summed E-state index contributed by atoms with van der Waals surface area (Å²) < 4.78 is 24.1. The highest BCUT2D eigenvalue weighted by Crippen LogP contribution is 2.33. The second-order valence-electron chi connectivity index (χ2n) is 8.20. The lowest BCUT2D eigenvalue weighted by atomic mass is 10.1. The maximum Gasteiger partial charge on any atom is 0.322 e. The summed E-state index contributed by atoms with van der Waals surface area (Å²) >= 11 is 0. The van der Waals surface area contributed by atoms with Gasteiger partial charge in [-0.15, -0.1) is 0 Å². The Balaban J connectivity index is 1.46. The van der Waals surface area contributed by atoms with Crippen LogP contribution in [0.1, 0.15) is 16.7 Å². The highest BCUT2D eigenvalue weighted by Gasteiger charge is 2.20. The van der Waals surface area contributed by atoms with Crippen molar-refractivity contribution in [2.75, 3.05) is 12.1 Å². The first kappa shape index (κ1) is 21.5. The van der Waals surface area contributed by atoms with Gasteiger partial charge in [-0.2, -0.15) is 0 Å². The van der Waals surface area contributed by atoms with E-state index in [-0.39, 0.29) is 25.4 Å². The van der Waals surface area contributed by atoms with Crippen LogP contribution in [0.3, 0.4) is 0 Å². The number of fused-ring (bicyclic) bond motifs is 2. The molecule has 2 amide bonds. The first-order valence-corrected chi connectivity index (χ1v) is 10.8. The molecule has 0 saturated heterocycles. The third-order valence-electron chi connectivity index (χ3n) is 5.63. The van der Waals surface area contributed by atoms with Crippen LogP contribution >= 0.6 is 0 Å². The number of hydrogen-bond acceptors (Lipinski definition) is 4. The number of H-pyrrole nitrogens is 1. The predicted octanol–water partition coefficient (Wildman–Crippen LogP) is 4.94. The number of amides is 2. The molecule has 0 atom stereocenters. The molecule has 0 aliphatic carbocycles. The van der Waals surface area contributed by atoms with Crippen LogP contribution < -0.4 is 20.3 Å². The van der Waals surface area contributed by atoms with Gasteiger partial charge in [0, 0.05) is 23.3 Å². The average molecular weight is 459 g/mol. The summed E-state index contributed by atoms with van der Waals surface area (Å²) in [6.45, 7) is 2.42. The lowest BCUT2D eigenvalue weighted by Gasteiger charge is -2.23. The van der Waals surface area contributed by atoms with E-state index in [4.69, 9.17) is 9.47 Å². The Kier molecular flexibility index (Phi) is 5.63. The van der Waals surface area contributed by atoms with Crippen LogP contribution in [0.15, 0.2) is 71.5 Å². The molecule has 34 heavy (non-hydrogen) atoms. The standard InChI is InChI=1S/C26H22FN3O4/c1-16-2-8-22-18(10-16)12-19(25(31)29-22)14-30(26(32)28-21-6-4-20(27)5-7-21)13-17-3-9-23-24(11-17)34-15-33-23/h2-12H,13-15H2,1H3,(H,28,32)(H,29,31). The molecule has 172 valence electrons.